The predicted octanol–water partition coefficient (Wildman–Crippen LogP) is 1.59. The van der Waals surface area contributed by atoms with Gasteiger partial charge in [0.25, 0.3) is 5.69 Å². The number of benzene rings is 1. The minimum Gasteiger partial charge on any atom is -0.491 e. The van der Waals surface area contributed by atoms with Gasteiger partial charge in [-0.05, 0) is 19.2 Å². The summed E-state index contributed by atoms with van der Waals surface area (Å²) in [5, 5.41) is 17.8. The van der Waals surface area contributed by atoms with Gasteiger partial charge in [-0.1, -0.05) is 0 Å². The highest BCUT2D eigenvalue weighted by molar-refractivity contribution is 5.43. The average Bonchev–Trinajstić information content (AvgIpc) is 2.93. The molecule has 0 aliphatic carbocycles. The molecule has 0 radical (unpaired) electrons. The second kappa shape index (κ2) is 6.67. The third-order valence-electron chi connectivity index (χ3n) is 2.76. The summed E-state index contributed by atoms with van der Waals surface area (Å²) < 4.78 is 7.44. The number of nitrogens with zero attached hydrogens (tertiary/aromatic N) is 3. The van der Waals surface area contributed by atoms with E-state index in [1.54, 1.807) is 24.0 Å². The first-order valence-electron chi connectivity index (χ1n) is 6.23. The monoisotopic (exact) mass is 276 g/mol. The molecule has 0 aliphatic rings. The number of aromatic nitrogens is 2. The van der Waals surface area contributed by atoms with E-state index in [9.17, 15) is 10.1 Å². The Kier molecular flexibility index (Phi) is 4.67. The van der Waals surface area contributed by atoms with Gasteiger partial charge in [-0.15, -0.1) is 0 Å². The first-order valence-corrected chi connectivity index (χ1v) is 6.23. The highest BCUT2D eigenvalue weighted by atomic mass is 16.6. The van der Waals surface area contributed by atoms with E-state index in [-0.39, 0.29) is 5.69 Å². The molecular formula is C13H16N4O3. The van der Waals surface area contributed by atoms with Crippen molar-refractivity contribution in [3.8, 4) is 5.75 Å². The molecule has 0 unspecified atom stereocenters. The van der Waals surface area contributed by atoms with Crippen molar-refractivity contribution < 1.29 is 9.66 Å². The Bertz CT molecular complexity index is 569. The molecule has 1 aromatic carbocycles. The van der Waals surface area contributed by atoms with Gasteiger partial charge in [0.2, 0.25) is 0 Å². The maximum absolute atomic E-state index is 10.8. The van der Waals surface area contributed by atoms with Gasteiger partial charge in [-0.25, -0.2) is 0 Å². The highest BCUT2D eigenvalue weighted by Crippen LogP contribution is 2.24. The summed E-state index contributed by atoms with van der Waals surface area (Å²) in [6.45, 7) is 1.60. The van der Waals surface area contributed by atoms with Crippen molar-refractivity contribution >= 4 is 5.69 Å². The maximum Gasteiger partial charge on any atom is 0.270 e. The van der Waals surface area contributed by atoms with E-state index < -0.39 is 4.92 Å². The summed E-state index contributed by atoms with van der Waals surface area (Å²) >= 11 is 0. The van der Waals surface area contributed by atoms with Gasteiger partial charge < -0.3 is 10.1 Å². The first-order chi connectivity index (χ1) is 9.70. The van der Waals surface area contributed by atoms with Crippen molar-refractivity contribution in [1.82, 2.24) is 15.1 Å². The molecular weight excluding hydrogens is 260 g/mol. The Balaban J connectivity index is 2.03. The zero-order chi connectivity index (χ0) is 14.4. The molecule has 0 bridgehead atoms. The van der Waals surface area contributed by atoms with Gasteiger partial charge in [0.15, 0.2) is 0 Å². The van der Waals surface area contributed by atoms with Gasteiger partial charge in [0.05, 0.1) is 11.5 Å². The van der Waals surface area contributed by atoms with Crippen LogP contribution >= 0.6 is 0 Å². The van der Waals surface area contributed by atoms with Gasteiger partial charge in [-0.3, -0.25) is 14.8 Å². The summed E-state index contributed by atoms with van der Waals surface area (Å²) in [5.74, 6) is 0.650. The molecule has 0 aliphatic heterocycles. The predicted molar refractivity (Wildman–Crippen MR) is 73.6 cm³/mol. The van der Waals surface area contributed by atoms with Crippen molar-refractivity contribution in [3.05, 3.63) is 52.3 Å². The van der Waals surface area contributed by atoms with E-state index in [0.29, 0.717) is 25.4 Å². The Hall–Kier alpha value is -2.41. The molecule has 1 heterocycles. The quantitative estimate of drug-likeness (QED) is 0.613. The molecule has 7 nitrogen and oxygen atoms in total. The van der Waals surface area contributed by atoms with Crippen LogP contribution in [-0.2, 0) is 13.1 Å². The van der Waals surface area contributed by atoms with Crippen LogP contribution in [0.25, 0.3) is 0 Å². The summed E-state index contributed by atoms with van der Waals surface area (Å²) in [4.78, 5) is 10.4. The van der Waals surface area contributed by atoms with E-state index in [0.717, 1.165) is 5.56 Å². The number of ether oxygens (including phenoxy) is 1. The number of nitro groups is 1. The second-order valence-corrected chi connectivity index (χ2v) is 4.20. The third-order valence-corrected chi connectivity index (χ3v) is 2.76. The number of rotatable bonds is 7. The van der Waals surface area contributed by atoms with Crippen molar-refractivity contribution in [2.45, 2.75) is 13.1 Å². The normalized spacial score (nSPS) is 10.4. The van der Waals surface area contributed by atoms with Crippen LogP contribution in [0.3, 0.4) is 0 Å². The number of nitro benzene ring substituents is 1. The largest absolute Gasteiger partial charge is 0.491 e. The minimum absolute atomic E-state index is 0.0645. The van der Waals surface area contributed by atoms with Crippen LogP contribution in [0, 0.1) is 10.1 Å². The summed E-state index contributed by atoms with van der Waals surface area (Å²) in [7, 11) is 1.78. The van der Waals surface area contributed by atoms with E-state index in [1.165, 1.54) is 12.1 Å². The molecule has 1 aromatic heterocycles. The lowest BCUT2D eigenvalue weighted by atomic mass is 10.2. The highest BCUT2D eigenvalue weighted by Gasteiger charge is 2.11. The van der Waals surface area contributed by atoms with E-state index in [2.05, 4.69) is 10.4 Å². The van der Waals surface area contributed by atoms with Crippen LogP contribution < -0.4 is 10.1 Å². The Labute approximate surface area is 116 Å². The first kappa shape index (κ1) is 14.0. The van der Waals surface area contributed by atoms with Crippen LogP contribution in [0.15, 0.2) is 36.7 Å². The van der Waals surface area contributed by atoms with Gasteiger partial charge in [-0.2, -0.15) is 5.10 Å². The molecule has 2 aromatic rings. The number of hydrogen-bond donors (Lipinski definition) is 1. The number of non-ortho nitro benzene ring substituents is 1. The van der Waals surface area contributed by atoms with E-state index in [1.807, 2.05) is 12.3 Å². The van der Waals surface area contributed by atoms with Crippen molar-refractivity contribution in [2.75, 3.05) is 13.7 Å². The average molecular weight is 276 g/mol. The fourth-order valence-electron chi connectivity index (χ4n) is 1.83. The topological polar surface area (TPSA) is 82.2 Å². The molecule has 1 N–H and O–H groups in total. The molecule has 106 valence electrons. The van der Waals surface area contributed by atoms with E-state index >= 15 is 0 Å². The molecule has 2 rings (SSSR count). The van der Waals surface area contributed by atoms with Crippen LogP contribution in [0.4, 0.5) is 5.69 Å². The van der Waals surface area contributed by atoms with E-state index in [4.69, 9.17) is 4.74 Å². The van der Waals surface area contributed by atoms with Crippen LogP contribution in [0.5, 0.6) is 5.75 Å². The van der Waals surface area contributed by atoms with Crippen LogP contribution in [-0.4, -0.2) is 28.4 Å². The molecule has 0 amide bonds. The zero-order valence-electron chi connectivity index (χ0n) is 11.2. The van der Waals surface area contributed by atoms with Gasteiger partial charge >= 0.3 is 0 Å². The summed E-state index contributed by atoms with van der Waals surface area (Å²) in [5.41, 5.74) is 0.830. The van der Waals surface area contributed by atoms with Crippen molar-refractivity contribution in [3.63, 3.8) is 0 Å². The van der Waals surface area contributed by atoms with Crippen LogP contribution in [0.1, 0.15) is 5.56 Å². The second-order valence-electron chi connectivity index (χ2n) is 4.20. The molecule has 0 spiro atoms. The lowest BCUT2D eigenvalue weighted by Crippen LogP contribution is -2.12. The van der Waals surface area contributed by atoms with Gasteiger partial charge in [0.1, 0.15) is 12.4 Å². The standard InChI is InChI=1S/C13H16N4O3/c1-14-10-11-9-12(17(18)19)3-4-13(11)20-8-7-16-6-2-5-15-16/h2-6,9,14H,7-8,10H2,1H3. The van der Waals surface area contributed by atoms with Crippen LogP contribution in [0.2, 0.25) is 0 Å². The maximum atomic E-state index is 10.8. The Morgan fingerprint density at radius 1 is 1.50 bits per heavy atom. The summed E-state index contributed by atoms with van der Waals surface area (Å²) in [6.07, 6.45) is 3.56. The molecule has 0 fully saturated rings. The fourth-order valence-corrected chi connectivity index (χ4v) is 1.83. The molecule has 20 heavy (non-hydrogen) atoms. The summed E-state index contributed by atoms with van der Waals surface area (Å²) in [6, 6.07) is 6.45. The Morgan fingerprint density at radius 3 is 3.00 bits per heavy atom. The Morgan fingerprint density at radius 2 is 2.35 bits per heavy atom. The smallest absolute Gasteiger partial charge is 0.270 e. The number of hydrogen-bond acceptors (Lipinski definition) is 5. The van der Waals surface area contributed by atoms with Crippen molar-refractivity contribution in [2.24, 2.45) is 0 Å². The molecule has 7 heteroatoms. The molecule has 0 saturated heterocycles. The van der Waals surface area contributed by atoms with Gasteiger partial charge in [0, 0.05) is 36.6 Å². The minimum atomic E-state index is -0.410. The van der Waals surface area contributed by atoms with Crippen molar-refractivity contribution in [1.29, 1.82) is 0 Å². The SMILES string of the molecule is CNCc1cc([N+](=O)[O-])ccc1OCCn1cccn1. The fraction of sp³-hybridized carbons (Fsp3) is 0.308. The third kappa shape index (κ3) is 3.55. The zero-order valence-corrected chi connectivity index (χ0v) is 11.2. The molecule has 0 atom stereocenters. The lowest BCUT2D eigenvalue weighted by Gasteiger charge is -2.11. The number of nitrogens with one attached hydrogen (secondary N) is 1. The molecule has 0 saturated carbocycles. The lowest BCUT2D eigenvalue weighted by molar-refractivity contribution is -0.384.